The number of hydrogen-bond acceptors (Lipinski definition) is 3. The minimum absolute atomic E-state index is 0.0937. The first-order chi connectivity index (χ1) is 9.58. The number of aryl methyl sites for hydroxylation is 1. The standard InChI is InChI=1S/C16H24N2O2/c1-12-5-4-6-13(11-17-14-7-8-14)16(12)20-10-9-15(19)18(2)3/h4-6,14,17H,7-11H2,1-3H3. The van der Waals surface area contributed by atoms with Gasteiger partial charge in [0.15, 0.2) is 0 Å². The number of carbonyl (C=O) groups is 1. The summed E-state index contributed by atoms with van der Waals surface area (Å²) in [5, 5.41) is 3.50. The van der Waals surface area contributed by atoms with Gasteiger partial charge in [0.1, 0.15) is 5.75 Å². The van der Waals surface area contributed by atoms with Crippen molar-refractivity contribution in [3.8, 4) is 5.75 Å². The van der Waals surface area contributed by atoms with Crippen LogP contribution in [0.5, 0.6) is 5.75 Å². The van der Waals surface area contributed by atoms with Gasteiger partial charge in [0.2, 0.25) is 5.91 Å². The fraction of sp³-hybridized carbons (Fsp3) is 0.562. The molecule has 0 spiro atoms. The maximum absolute atomic E-state index is 11.6. The van der Waals surface area contributed by atoms with Crippen LogP contribution in [0.4, 0.5) is 0 Å². The van der Waals surface area contributed by atoms with E-state index in [-0.39, 0.29) is 5.91 Å². The molecular weight excluding hydrogens is 252 g/mol. The van der Waals surface area contributed by atoms with E-state index in [9.17, 15) is 4.79 Å². The summed E-state index contributed by atoms with van der Waals surface area (Å²) in [6.45, 7) is 3.31. The van der Waals surface area contributed by atoms with E-state index in [1.165, 1.54) is 18.4 Å². The first-order valence-electron chi connectivity index (χ1n) is 7.22. The lowest BCUT2D eigenvalue weighted by atomic mass is 10.1. The molecule has 0 bridgehead atoms. The zero-order valence-electron chi connectivity index (χ0n) is 12.6. The number of para-hydroxylation sites is 1. The largest absolute Gasteiger partial charge is 0.492 e. The molecule has 4 heteroatoms. The van der Waals surface area contributed by atoms with E-state index in [0.29, 0.717) is 19.1 Å². The van der Waals surface area contributed by atoms with Gasteiger partial charge in [0.25, 0.3) is 0 Å². The molecule has 0 radical (unpaired) electrons. The lowest BCUT2D eigenvalue weighted by Gasteiger charge is -2.15. The summed E-state index contributed by atoms with van der Waals surface area (Å²) in [5.41, 5.74) is 2.30. The minimum Gasteiger partial charge on any atom is -0.492 e. The molecule has 0 unspecified atom stereocenters. The van der Waals surface area contributed by atoms with Crippen LogP contribution in [0, 0.1) is 6.92 Å². The van der Waals surface area contributed by atoms with E-state index in [0.717, 1.165) is 17.9 Å². The number of carbonyl (C=O) groups excluding carboxylic acids is 1. The second-order valence-corrected chi connectivity index (χ2v) is 5.60. The van der Waals surface area contributed by atoms with Crippen molar-refractivity contribution < 1.29 is 9.53 Å². The van der Waals surface area contributed by atoms with Crippen molar-refractivity contribution in [3.63, 3.8) is 0 Å². The Bertz CT molecular complexity index is 468. The number of ether oxygens (including phenoxy) is 1. The van der Waals surface area contributed by atoms with Gasteiger partial charge in [-0.05, 0) is 25.3 Å². The SMILES string of the molecule is Cc1cccc(CNC2CC2)c1OCCC(=O)N(C)C. The molecule has 20 heavy (non-hydrogen) atoms. The molecule has 2 rings (SSSR count). The fourth-order valence-corrected chi connectivity index (χ4v) is 2.06. The van der Waals surface area contributed by atoms with Crippen molar-refractivity contribution in [2.45, 2.75) is 38.8 Å². The molecule has 110 valence electrons. The highest BCUT2D eigenvalue weighted by Crippen LogP contribution is 2.25. The molecule has 1 aliphatic rings. The number of nitrogens with zero attached hydrogens (tertiary/aromatic N) is 1. The molecule has 1 saturated carbocycles. The van der Waals surface area contributed by atoms with Gasteiger partial charge < -0.3 is 15.0 Å². The third-order valence-electron chi connectivity index (χ3n) is 3.51. The van der Waals surface area contributed by atoms with Crippen LogP contribution in [-0.2, 0) is 11.3 Å². The molecule has 1 aromatic rings. The van der Waals surface area contributed by atoms with Crippen molar-refractivity contribution >= 4 is 5.91 Å². The van der Waals surface area contributed by atoms with Gasteiger partial charge >= 0.3 is 0 Å². The summed E-state index contributed by atoms with van der Waals surface area (Å²) in [5.74, 6) is 1.02. The summed E-state index contributed by atoms with van der Waals surface area (Å²) < 4.78 is 5.85. The predicted octanol–water partition coefficient (Wildman–Crippen LogP) is 2.10. The summed E-state index contributed by atoms with van der Waals surface area (Å²) in [4.78, 5) is 13.2. The van der Waals surface area contributed by atoms with Crippen molar-refractivity contribution in [1.82, 2.24) is 10.2 Å². The molecule has 4 nitrogen and oxygen atoms in total. The number of nitrogens with one attached hydrogen (secondary N) is 1. The predicted molar refractivity (Wildman–Crippen MR) is 79.8 cm³/mol. The van der Waals surface area contributed by atoms with Crippen molar-refractivity contribution in [2.75, 3.05) is 20.7 Å². The van der Waals surface area contributed by atoms with E-state index in [1.807, 2.05) is 13.0 Å². The monoisotopic (exact) mass is 276 g/mol. The Kier molecular flexibility index (Phi) is 5.01. The first kappa shape index (κ1) is 14.9. The number of benzene rings is 1. The van der Waals surface area contributed by atoms with Crippen LogP contribution in [-0.4, -0.2) is 37.6 Å². The van der Waals surface area contributed by atoms with Gasteiger partial charge in [0.05, 0.1) is 13.0 Å². The third kappa shape index (κ3) is 4.23. The van der Waals surface area contributed by atoms with Crippen LogP contribution in [0.1, 0.15) is 30.4 Å². The van der Waals surface area contributed by atoms with E-state index in [1.54, 1.807) is 19.0 Å². The van der Waals surface area contributed by atoms with Crippen LogP contribution in [0.2, 0.25) is 0 Å². The summed E-state index contributed by atoms with van der Waals surface area (Å²) in [7, 11) is 3.53. The van der Waals surface area contributed by atoms with Crippen molar-refractivity contribution in [2.24, 2.45) is 0 Å². The van der Waals surface area contributed by atoms with Crippen molar-refractivity contribution in [1.29, 1.82) is 0 Å². The quantitative estimate of drug-likeness (QED) is 0.829. The molecule has 1 N–H and O–H groups in total. The van der Waals surface area contributed by atoms with Crippen LogP contribution in [0.25, 0.3) is 0 Å². The summed E-state index contributed by atoms with van der Waals surface area (Å²) in [6.07, 6.45) is 2.97. The second-order valence-electron chi connectivity index (χ2n) is 5.60. The lowest BCUT2D eigenvalue weighted by Crippen LogP contribution is -2.23. The molecule has 0 saturated heterocycles. The van der Waals surface area contributed by atoms with E-state index >= 15 is 0 Å². The molecule has 0 aromatic heterocycles. The molecule has 0 heterocycles. The molecule has 0 aliphatic heterocycles. The van der Waals surface area contributed by atoms with Crippen LogP contribution in [0.15, 0.2) is 18.2 Å². The Labute approximate surface area is 121 Å². The Balaban J connectivity index is 1.92. The maximum Gasteiger partial charge on any atom is 0.225 e. The van der Waals surface area contributed by atoms with Gasteiger partial charge in [-0.15, -0.1) is 0 Å². The van der Waals surface area contributed by atoms with Crippen LogP contribution in [0.3, 0.4) is 0 Å². The Morgan fingerprint density at radius 3 is 2.80 bits per heavy atom. The maximum atomic E-state index is 11.6. The summed E-state index contributed by atoms with van der Waals surface area (Å²) >= 11 is 0. The highest BCUT2D eigenvalue weighted by atomic mass is 16.5. The van der Waals surface area contributed by atoms with Gasteiger partial charge in [-0.1, -0.05) is 18.2 Å². The fourth-order valence-electron chi connectivity index (χ4n) is 2.06. The van der Waals surface area contributed by atoms with Gasteiger partial charge in [-0.3, -0.25) is 4.79 Å². The van der Waals surface area contributed by atoms with Crippen LogP contribution < -0.4 is 10.1 Å². The average molecular weight is 276 g/mol. The molecule has 1 aliphatic carbocycles. The van der Waals surface area contributed by atoms with Crippen molar-refractivity contribution in [3.05, 3.63) is 29.3 Å². The lowest BCUT2D eigenvalue weighted by molar-refractivity contribution is -0.129. The van der Waals surface area contributed by atoms with E-state index < -0.39 is 0 Å². The molecule has 1 amide bonds. The number of amides is 1. The van der Waals surface area contributed by atoms with Gasteiger partial charge in [0, 0.05) is 32.2 Å². The van der Waals surface area contributed by atoms with Gasteiger partial charge in [-0.2, -0.15) is 0 Å². The summed E-state index contributed by atoms with van der Waals surface area (Å²) in [6, 6.07) is 6.87. The Hall–Kier alpha value is -1.55. The molecule has 1 fully saturated rings. The Morgan fingerprint density at radius 1 is 1.40 bits per heavy atom. The van der Waals surface area contributed by atoms with E-state index in [2.05, 4.69) is 17.4 Å². The molecule has 1 aromatic carbocycles. The van der Waals surface area contributed by atoms with E-state index in [4.69, 9.17) is 4.74 Å². The zero-order chi connectivity index (χ0) is 14.5. The highest BCUT2D eigenvalue weighted by Gasteiger charge is 2.20. The normalized spacial score (nSPS) is 14.2. The van der Waals surface area contributed by atoms with Gasteiger partial charge in [-0.25, -0.2) is 0 Å². The second kappa shape index (κ2) is 6.75. The topological polar surface area (TPSA) is 41.6 Å². The molecular formula is C16H24N2O2. The molecule has 0 atom stereocenters. The smallest absolute Gasteiger partial charge is 0.225 e. The average Bonchev–Trinajstić information content (AvgIpc) is 3.22. The first-order valence-corrected chi connectivity index (χ1v) is 7.22. The van der Waals surface area contributed by atoms with Crippen LogP contribution >= 0.6 is 0 Å². The third-order valence-corrected chi connectivity index (χ3v) is 3.51. The highest BCUT2D eigenvalue weighted by molar-refractivity contribution is 5.75. The Morgan fingerprint density at radius 2 is 2.15 bits per heavy atom. The minimum atomic E-state index is 0.0937. The number of hydrogen-bond donors (Lipinski definition) is 1. The number of rotatable bonds is 7. The zero-order valence-corrected chi connectivity index (χ0v) is 12.6.